The molecule has 0 aromatic carbocycles. The molecule has 7 heteroatoms. The van der Waals surface area contributed by atoms with E-state index in [0.717, 1.165) is 44.3 Å². The van der Waals surface area contributed by atoms with Gasteiger partial charge < -0.3 is 15.0 Å². The van der Waals surface area contributed by atoms with E-state index in [2.05, 4.69) is 36.7 Å². The maximum Gasteiger partial charge on any atom is 0.305 e. The van der Waals surface area contributed by atoms with Gasteiger partial charge in [-0.05, 0) is 41.0 Å². The second kappa shape index (κ2) is 9.07. The number of carbonyl (C=O) groups is 1. The quantitative estimate of drug-likeness (QED) is 0.483. The SMILES string of the molecule is COC(=O)CCCNC(=S)N1CCN(Cc2ccsc2)CC1. The second-order valence-corrected chi connectivity index (χ2v) is 6.47. The molecule has 0 atom stereocenters. The minimum absolute atomic E-state index is 0.172. The van der Waals surface area contributed by atoms with Crippen LogP contribution in [0.3, 0.4) is 0 Å². The van der Waals surface area contributed by atoms with Crippen molar-refractivity contribution in [3.63, 3.8) is 0 Å². The number of esters is 1. The Bertz CT molecular complexity index is 471. The third-order valence-electron chi connectivity index (χ3n) is 3.71. The highest BCUT2D eigenvalue weighted by atomic mass is 32.1. The maximum atomic E-state index is 11.0. The van der Waals surface area contributed by atoms with Gasteiger partial charge in [0.2, 0.25) is 0 Å². The number of carbonyl (C=O) groups excluding carboxylic acids is 1. The number of nitrogens with one attached hydrogen (secondary N) is 1. The molecule has 122 valence electrons. The first-order valence-corrected chi connectivity index (χ1v) is 8.87. The first-order chi connectivity index (χ1) is 10.7. The van der Waals surface area contributed by atoms with Crippen molar-refractivity contribution in [3.8, 4) is 0 Å². The summed E-state index contributed by atoms with van der Waals surface area (Å²) in [4.78, 5) is 15.7. The van der Waals surface area contributed by atoms with Crippen LogP contribution >= 0.6 is 23.6 Å². The van der Waals surface area contributed by atoms with Gasteiger partial charge in [-0.1, -0.05) is 0 Å². The van der Waals surface area contributed by atoms with Gasteiger partial charge in [0.05, 0.1) is 7.11 Å². The topological polar surface area (TPSA) is 44.8 Å². The zero-order valence-electron chi connectivity index (χ0n) is 12.9. The molecule has 0 unspecified atom stereocenters. The maximum absolute atomic E-state index is 11.0. The molecule has 1 N–H and O–H groups in total. The normalized spacial score (nSPS) is 15.6. The Labute approximate surface area is 141 Å². The van der Waals surface area contributed by atoms with Crippen molar-refractivity contribution in [2.45, 2.75) is 19.4 Å². The first kappa shape index (κ1) is 17.2. The minimum atomic E-state index is -0.172. The Morgan fingerprint density at radius 2 is 2.18 bits per heavy atom. The molecule has 1 aliphatic heterocycles. The van der Waals surface area contributed by atoms with Crippen molar-refractivity contribution < 1.29 is 9.53 Å². The summed E-state index contributed by atoms with van der Waals surface area (Å²) in [5, 5.41) is 8.35. The summed E-state index contributed by atoms with van der Waals surface area (Å²) in [6, 6.07) is 2.19. The third kappa shape index (κ3) is 5.55. The van der Waals surface area contributed by atoms with Crippen LogP contribution in [0.2, 0.25) is 0 Å². The number of thiocarbonyl (C=S) groups is 1. The zero-order chi connectivity index (χ0) is 15.8. The summed E-state index contributed by atoms with van der Waals surface area (Å²) < 4.78 is 4.61. The molecular weight excluding hydrogens is 318 g/mol. The molecule has 1 fully saturated rings. The number of methoxy groups -OCH3 is 1. The van der Waals surface area contributed by atoms with Gasteiger partial charge in [-0.3, -0.25) is 9.69 Å². The van der Waals surface area contributed by atoms with Crippen molar-refractivity contribution in [1.29, 1.82) is 0 Å². The monoisotopic (exact) mass is 341 g/mol. The molecule has 0 radical (unpaired) electrons. The van der Waals surface area contributed by atoms with Gasteiger partial charge in [0.1, 0.15) is 0 Å². The van der Waals surface area contributed by atoms with Gasteiger partial charge in [-0.15, -0.1) is 0 Å². The lowest BCUT2D eigenvalue weighted by Gasteiger charge is -2.36. The molecule has 5 nitrogen and oxygen atoms in total. The Morgan fingerprint density at radius 1 is 1.41 bits per heavy atom. The summed E-state index contributed by atoms with van der Waals surface area (Å²) in [5.74, 6) is -0.172. The van der Waals surface area contributed by atoms with Crippen LogP contribution in [0, 0.1) is 0 Å². The fraction of sp³-hybridized carbons (Fsp3) is 0.600. The first-order valence-electron chi connectivity index (χ1n) is 7.52. The molecule has 0 amide bonds. The molecule has 1 aromatic rings. The van der Waals surface area contributed by atoms with Crippen LogP contribution in [-0.4, -0.2) is 60.7 Å². The molecule has 1 saturated heterocycles. The van der Waals surface area contributed by atoms with E-state index in [-0.39, 0.29) is 5.97 Å². The zero-order valence-corrected chi connectivity index (χ0v) is 14.5. The lowest BCUT2D eigenvalue weighted by Crippen LogP contribution is -2.51. The Morgan fingerprint density at radius 3 is 2.82 bits per heavy atom. The van der Waals surface area contributed by atoms with Gasteiger partial charge in [-0.25, -0.2) is 0 Å². The van der Waals surface area contributed by atoms with E-state index in [4.69, 9.17) is 12.2 Å². The fourth-order valence-corrected chi connectivity index (χ4v) is 3.34. The van der Waals surface area contributed by atoms with Crippen molar-refractivity contribution >= 4 is 34.6 Å². The molecular formula is C15H23N3O2S2. The number of ether oxygens (including phenoxy) is 1. The molecule has 22 heavy (non-hydrogen) atoms. The third-order valence-corrected chi connectivity index (χ3v) is 4.84. The van der Waals surface area contributed by atoms with Crippen molar-refractivity contribution in [3.05, 3.63) is 22.4 Å². The van der Waals surface area contributed by atoms with Crippen LogP contribution in [0.4, 0.5) is 0 Å². The largest absolute Gasteiger partial charge is 0.469 e. The van der Waals surface area contributed by atoms with Crippen LogP contribution in [0.15, 0.2) is 16.8 Å². The summed E-state index contributed by atoms with van der Waals surface area (Å²) in [6.45, 7) is 5.69. The summed E-state index contributed by atoms with van der Waals surface area (Å²) in [6.07, 6.45) is 1.17. The van der Waals surface area contributed by atoms with Crippen LogP contribution in [0.1, 0.15) is 18.4 Å². The lowest BCUT2D eigenvalue weighted by atomic mass is 10.2. The highest BCUT2D eigenvalue weighted by Crippen LogP contribution is 2.11. The molecule has 0 spiro atoms. The van der Waals surface area contributed by atoms with E-state index >= 15 is 0 Å². The molecule has 0 saturated carbocycles. The average molecular weight is 342 g/mol. The van der Waals surface area contributed by atoms with E-state index in [0.29, 0.717) is 13.0 Å². The summed E-state index contributed by atoms with van der Waals surface area (Å²) in [7, 11) is 1.41. The number of nitrogens with zero attached hydrogens (tertiary/aromatic N) is 2. The van der Waals surface area contributed by atoms with Gasteiger partial charge in [-0.2, -0.15) is 11.3 Å². The van der Waals surface area contributed by atoms with E-state index < -0.39 is 0 Å². The Hall–Kier alpha value is -1.18. The Kier molecular flexibility index (Phi) is 7.08. The average Bonchev–Trinajstić information content (AvgIpc) is 3.04. The number of hydrogen-bond acceptors (Lipinski definition) is 5. The predicted molar refractivity (Wildman–Crippen MR) is 93.0 cm³/mol. The number of piperazine rings is 1. The predicted octanol–water partition coefficient (Wildman–Crippen LogP) is 1.69. The lowest BCUT2D eigenvalue weighted by molar-refractivity contribution is -0.140. The van der Waals surface area contributed by atoms with E-state index in [1.807, 2.05) is 0 Å². The fourth-order valence-electron chi connectivity index (χ4n) is 2.39. The summed E-state index contributed by atoms with van der Waals surface area (Å²) >= 11 is 7.17. The highest BCUT2D eigenvalue weighted by Gasteiger charge is 2.18. The number of rotatable bonds is 6. The van der Waals surface area contributed by atoms with Crippen LogP contribution < -0.4 is 5.32 Å². The number of hydrogen-bond donors (Lipinski definition) is 1. The van der Waals surface area contributed by atoms with Gasteiger partial charge in [0.25, 0.3) is 0 Å². The molecule has 0 aliphatic carbocycles. The van der Waals surface area contributed by atoms with Crippen molar-refractivity contribution in [2.24, 2.45) is 0 Å². The molecule has 2 rings (SSSR count). The number of thiophene rings is 1. The van der Waals surface area contributed by atoms with E-state index in [1.165, 1.54) is 12.7 Å². The van der Waals surface area contributed by atoms with Crippen molar-refractivity contribution in [1.82, 2.24) is 15.1 Å². The molecule has 1 aromatic heterocycles. The highest BCUT2D eigenvalue weighted by molar-refractivity contribution is 7.80. The standard InChI is InChI=1S/C15H23N3O2S2/c1-20-14(19)3-2-5-16-15(21)18-8-6-17(7-9-18)11-13-4-10-22-12-13/h4,10,12H,2-3,5-9,11H2,1H3,(H,16,21). The molecule has 1 aliphatic rings. The minimum Gasteiger partial charge on any atom is -0.469 e. The molecule has 2 heterocycles. The van der Waals surface area contributed by atoms with Gasteiger partial charge >= 0.3 is 5.97 Å². The summed E-state index contributed by atoms with van der Waals surface area (Å²) in [5.41, 5.74) is 1.39. The van der Waals surface area contributed by atoms with Crippen LogP contribution in [0.5, 0.6) is 0 Å². The van der Waals surface area contributed by atoms with Gasteiger partial charge in [0, 0.05) is 45.7 Å². The molecule has 0 bridgehead atoms. The Balaban J connectivity index is 1.61. The smallest absolute Gasteiger partial charge is 0.305 e. The van der Waals surface area contributed by atoms with Crippen molar-refractivity contribution in [2.75, 3.05) is 39.8 Å². The second-order valence-electron chi connectivity index (χ2n) is 5.31. The van der Waals surface area contributed by atoms with E-state index in [1.54, 1.807) is 11.3 Å². The van der Waals surface area contributed by atoms with E-state index in [9.17, 15) is 4.79 Å². The van der Waals surface area contributed by atoms with Crippen LogP contribution in [0.25, 0.3) is 0 Å². The van der Waals surface area contributed by atoms with Gasteiger partial charge in [0.15, 0.2) is 5.11 Å². The van der Waals surface area contributed by atoms with Crippen LogP contribution in [-0.2, 0) is 16.1 Å².